The molecule has 214 valence electrons. The number of hydrogen-bond donors (Lipinski definition) is 1. The van der Waals surface area contributed by atoms with Crippen molar-refractivity contribution in [3.8, 4) is 22.6 Å². The molecule has 1 saturated heterocycles. The summed E-state index contributed by atoms with van der Waals surface area (Å²) in [4.78, 5) is 19.5. The summed E-state index contributed by atoms with van der Waals surface area (Å²) in [6.45, 7) is 9.09. The highest BCUT2D eigenvalue weighted by molar-refractivity contribution is 5.99. The van der Waals surface area contributed by atoms with Crippen molar-refractivity contribution in [1.29, 1.82) is 0 Å². The molecule has 2 unspecified atom stereocenters. The van der Waals surface area contributed by atoms with Gasteiger partial charge in [-0.15, -0.1) is 0 Å². The van der Waals surface area contributed by atoms with Crippen molar-refractivity contribution < 1.29 is 23.6 Å². The fraction of sp³-hybridized carbons (Fsp3) is 0.429. The van der Waals surface area contributed by atoms with Crippen LogP contribution >= 0.6 is 0 Å². The van der Waals surface area contributed by atoms with Crippen LogP contribution in [-0.4, -0.2) is 37.3 Å². The van der Waals surface area contributed by atoms with Crippen molar-refractivity contribution >= 4 is 17.2 Å². The van der Waals surface area contributed by atoms with Gasteiger partial charge in [0.25, 0.3) is 0 Å². The van der Waals surface area contributed by atoms with Gasteiger partial charge in [0.05, 0.1) is 37.1 Å². The standard InChI is InChI=1S/C35H39FN2O3/c1-4-40-33-17-23(18-34(41-5-2)35(33)24-8-11-28(36)12-9-24)21-38-15-14-29-25(10-13-31(29)38)20-32(39)27-7-6-26-16-22(3)37-30(26)19-27/h6-9,11-12,17-19,25,29,31H,4-5,10,13-16,20-21H2,1-3H3/p+1/t25?,29-,31+/m0/s1. The van der Waals surface area contributed by atoms with E-state index in [0.717, 1.165) is 78.4 Å². The third kappa shape index (κ3) is 5.67. The number of carbonyl (C=O) groups is 1. The maximum absolute atomic E-state index is 13.7. The van der Waals surface area contributed by atoms with Crippen LogP contribution in [0.4, 0.5) is 10.1 Å². The second kappa shape index (κ2) is 11.8. The average molecular weight is 556 g/mol. The molecule has 5 nitrogen and oxygen atoms in total. The van der Waals surface area contributed by atoms with Crippen LogP contribution < -0.4 is 14.4 Å². The van der Waals surface area contributed by atoms with Crippen LogP contribution in [0.3, 0.4) is 0 Å². The summed E-state index contributed by atoms with van der Waals surface area (Å²) in [5.74, 6) is 2.58. The van der Waals surface area contributed by atoms with Crippen LogP contribution in [-0.2, 0) is 13.0 Å². The van der Waals surface area contributed by atoms with Gasteiger partial charge in [0.15, 0.2) is 5.78 Å². The number of fused-ring (bicyclic) bond motifs is 2. The Morgan fingerprint density at radius 2 is 1.71 bits per heavy atom. The van der Waals surface area contributed by atoms with Gasteiger partial charge >= 0.3 is 0 Å². The molecule has 3 aromatic rings. The maximum atomic E-state index is 13.7. The van der Waals surface area contributed by atoms with E-state index in [0.29, 0.717) is 37.5 Å². The first-order valence-corrected chi connectivity index (χ1v) is 15.2. The number of benzene rings is 3. The Kier molecular flexibility index (Phi) is 7.94. The number of carbonyl (C=O) groups excluding carboxylic acids is 1. The Labute approximate surface area is 242 Å². The number of nitrogens with zero attached hydrogens (tertiary/aromatic N) is 1. The number of ketones is 1. The molecule has 0 spiro atoms. The van der Waals surface area contributed by atoms with Gasteiger partial charge in [0, 0.05) is 42.0 Å². The predicted molar refractivity (Wildman–Crippen MR) is 160 cm³/mol. The highest BCUT2D eigenvalue weighted by atomic mass is 19.1. The highest BCUT2D eigenvalue weighted by Gasteiger charge is 2.47. The maximum Gasteiger partial charge on any atom is 0.163 e. The Balaban J connectivity index is 1.17. The minimum absolute atomic E-state index is 0.255. The summed E-state index contributed by atoms with van der Waals surface area (Å²) in [6.07, 6.45) is 4.96. The van der Waals surface area contributed by atoms with E-state index in [2.05, 4.69) is 23.2 Å². The van der Waals surface area contributed by atoms with E-state index in [-0.39, 0.29) is 11.6 Å². The van der Waals surface area contributed by atoms with Gasteiger partial charge < -0.3 is 14.4 Å². The molecular weight excluding hydrogens is 515 g/mol. The number of nitrogens with one attached hydrogen (secondary N) is 1. The Morgan fingerprint density at radius 1 is 0.976 bits per heavy atom. The lowest BCUT2D eigenvalue weighted by atomic mass is 9.87. The van der Waals surface area contributed by atoms with Crippen LogP contribution in [0.2, 0.25) is 0 Å². The summed E-state index contributed by atoms with van der Waals surface area (Å²) >= 11 is 0. The normalized spacial score (nSPS) is 22.8. The number of aliphatic imine (C=N–C) groups is 1. The van der Waals surface area contributed by atoms with Crippen molar-refractivity contribution in [3.63, 3.8) is 0 Å². The van der Waals surface area contributed by atoms with E-state index in [9.17, 15) is 9.18 Å². The zero-order chi connectivity index (χ0) is 28.5. The van der Waals surface area contributed by atoms with Gasteiger partial charge in [-0.25, -0.2) is 4.39 Å². The number of rotatable bonds is 10. The molecule has 0 radical (unpaired) electrons. The lowest BCUT2D eigenvalue weighted by Crippen LogP contribution is -3.12. The van der Waals surface area contributed by atoms with Crippen molar-refractivity contribution in [1.82, 2.24) is 0 Å². The van der Waals surface area contributed by atoms with Crippen molar-refractivity contribution in [2.45, 2.75) is 65.5 Å². The first kappa shape index (κ1) is 27.6. The first-order chi connectivity index (χ1) is 19.9. The van der Waals surface area contributed by atoms with Gasteiger partial charge in [0.1, 0.15) is 23.9 Å². The van der Waals surface area contributed by atoms with Gasteiger partial charge in [-0.2, -0.15) is 0 Å². The molecule has 6 rings (SSSR count). The Hall–Kier alpha value is -3.51. The lowest BCUT2D eigenvalue weighted by Gasteiger charge is -2.23. The third-order valence-corrected chi connectivity index (χ3v) is 9.20. The molecule has 41 heavy (non-hydrogen) atoms. The fourth-order valence-corrected chi connectivity index (χ4v) is 7.42. The van der Waals surface area contributed by atoms with Crippen molar-refractivity contribution in [3.05, 3.63) is 77.1 Å². The SMILES string of the molecule is CCOc1cc(C[NH+]2CC[C@H]3C(CC(=O)c4ccc5c(c4)N=C(C)C5)CC[C@H]32)cc(OCC)c1-c1ccc(F)cc1. The van der Waals surface area contributed by atoms with E-state index in [1.165, 1.54) is 23.3 Å². The molecule has 3 aliphatic rings. The van der Waals surface area contributed by atoms with E-state index in [4.69, 9.17) is 9.47 Å². The quantitative estimate of drug-likeness (QED) is 0.295. The minimum atomic E-state index is -0.262. The van der Waals surface area contributed by atoms with Crippen LogP contribution in [0.5, 0.6) is 11.5 Å². The summed E-state index contributed by atoms with van der Waals surface area (Å²) in [5.41, 5.74) is 7.06. The molecule has 2 fully saturated rings. The second-order valence-electron chi connectivity index (χ2n) is 11.8. The number of quaternary nitrogens is 1. The van der Waals surface area contributed by atoms with Crippen molar-refractivity contribution in [2.75, 3.05) is 19.8 Å². The van der Waals surface area contributed by atoms with Crippen LogP contribution in [0.1, 0.15) is 67.9 Å². The monoisotopic (exact) mass is 555 g/mol. The highest BCUT2D eigenvalue weighted by Crippen LogP contribution is 2.41. The number of hydrogen-bond acceptors (Lipinski definition) is 4. The average Bonchev–Trinajstić information content (AvgIpc) is 3.65. The molecule has 0 bridgehead atoms. The number of Topliss-reactive ketones (excluding diaryl/α,β-unsaturated/α-hetero) is 1. The zero-order valence-electron chi connectivity index (χ0n) is 24.3. The molecule has 0 aromatic heterocycles. The zero-order valence-corrected chi connectivity index (χ0v) is 24.3. The van der Waals surface area contributed by atoms with Gasteiger partial charge in [-0.05, 0) is 81.0 Å². The minimum Gasteiger partial charge on any atom is -0.493 e. The topological polar surface area (TPSA) is 52.3 Å². The molecule has 2 aliphatic heterocycles. The molecule has 1 aliphatic carbocycles. The number of halogens is 1. The molecule has 4 atom stereocenters. The number of likely N-dealkylation sites (tertiary alicyclic amines) is 1. The van der Waals surface area contributed by atoms with Gasteiger partial charge in [0.2, 0.25) is 0 Å². The van der Waals surface area contributed by atoms with Gasteiger partial charge in [-0.1, -0.05) is 24.3 Å². The molecule has 0 amide bonds. The summed E-state index contributed by atoms with van der Waals surface area (Å²) in [6, 6.07) is 17.4. The number of ether oxygens (including phenoxy) is 2. The largest absolute Gasteiger partial charge is 0.493 e. The van der Waals surface area contributed by atoms with E-state index in [1.54, 1.807) is 17.0 Å². The first-order valence-electron chi connectivity index (χ1n) is 15.2. The Morgan fingerprint density at radius 3 is 2.41 bits per heavy atom. The Bertz CT molecular complexity index is 1440. The van der Waals surface area contributed by atoms with E-state index < -0.39 is 0 Å². The van der Waals surface area contributed by atoms with Crippen LogP contribution in [0, 0.1) is 17.7 Å². The smallest absolute Gasteiger partial charge is 0.163 e. The van der Waals surface area contributed by atoms with Gasteiger partial charge in [-0.3, -0.25) is 9.79 Å². The summed E-state index contributed by atoms with van der Waals surface area (Å²) in [7, 11) is 0. The summed E-state index contributed by atoms with van der Waals surface area (Å²) in [5, 5.41) is 0. The predicted octanol–water partition coefficient (Wildman–Crippen LogP) is 6.40. The molecular formula is C35H40FN2O3+. The molecule has 3 aromatic carbocycles. The molecule has 1 saturated carbocycles. The third-order valence-electron chi connectivity index (χ3n) is 9.20. The van der Waals surface area contributed by atoms with Crippen molar-refractivity contribution in [2.24, 2.45) is 16.8 Å². The molecule has 1 N–H and O–H groups in total. The fourth-order valence-electron chi connectivity index (χ4n) is 7.42. The van der Waals surface area contributed by atoms with Crippen LogP contribution in [0.15, 0.2) is 59.6 Å². The van der Waals surface area contributed by atoms with E-state index in [1.807, 2.05) is 32.9 Å². The van der Waals surface area contributed by atoms with Crippen LogP contribution in [0.25, 0.3) is 11.1 Å². The lowest BCUT2D eigenvalue weighted by molar-refractivity contribution is -0.927. The molecule has 2 heterocycles. The molecule has 6 heteroatoms. The van der Waals surface area contributed by atoms with E-state index >= 15 is 0 Å². The summed E-state index contributed by atoms with van der Waals surface area (Å²) < 4.78 is 25.9. The second-order valence-corrected chi connectivity index (χ2v) is 11.8.